The SMILES string of the molecule is Cc1cc(S(N)(=O)=O)ccc1CNC(=O)NC1CCc2ccc(-c3ccccc3)cc21. The van der Waals surface area contributed by atoms with Gasteiger partial charge in [-0.2, -0.15) is 0 Å². The highest BCUT2D eigenvalue weighted by atomic mass is 32.2. The van der Waals surface area contributed by atoms with Crippen molar-refractivity contribution in [2.45, 2.75) is 37.2 Å². The average Bonchev–Trinajstić information content (AvgIpc) is 3.14. The van der Waals surface area contributed by atoms with Gasteiger partial charge in [-0.25, -0.2) is 18.4 Å². The molecule has 0 saturated heterocycles. The summed E-state index contributed by atoms with van der Waals surface area (Å²) in [5, 5.41) is 11.1. The van der Waals surface area contributed by atoms with Gasteiger partial charge in [0, 0.05) is 6.54 Å². The molecule has 0 radical (unpaired) electrons. The molecule has 0 bridgehead atoms. The fourth-order valence-electron chi connectivity index (χ4n) is 3.99. The van der Waals surface area contributed by atoms with Gasteiger partial charge in [-0.1, -0.05) is 48.5 Å². The van der Waals surface area contributed by atoms with Crippen LogP contribution in [-0.4, -0.2) is 14.4 Å². The molecule has 7 heteroatoms. The Balaban J connectivity index is 1.42. The van der Waals surface area contributed by atoms with Crippen LogP contribution in [0.2, 0.25) is 0 Å². The number of hydrogen-bond acceptors (Lipinski definition) is 3. The van der Waals surface area contributed by atoms with Gasteiger partial charge in [0.15, 0.2) is 0 Å². The molecule has 1 aliphatic carbocycles. The van der Waals surface area contributed by atoms with Crippen molar-refractivity contribution in [2.75, 3.05) is 0 Å². The van der Waals surface area contributed by atoms with E-state index in [-0.39, 0.29) is 17.0 Å². The van der Waals surface area contributed by atoms with Gasteiger partial charge in [0.1, 0.15) is 0 Å². The zero-order valence-corrected chi connectivity index (χ0v) is 18.1. The van der Waals surface area contributed by atoms with E-state index in [0.29, 0.717) is 6.54 Å². The molecule has 0 heterocycles. The van der Waals surface area contributed by atoms with Gasteiger partial charge in [-0.15, -0.1) is 0 Å². The fourth-order valence-corrected chi connectivity index (χ4v) is 4.59. The van der Waals surface area contributed by atoms with Gasteiger partial charge in [-0.3, -0.25) is 0 Å². The molecule has 31 heavy (non-hydrogen) atoms. The molecule has 3 aromatic rings. The van der Waals surface area contributed by atoms with E-state index in [0.717, 1.165) is 40.7 Å². The number of aryl methyl sites for hydroxylation is 2. The summed E-state index contributed by atoms with van der Waals surface area (Å²) in [6, 6.07) is 21.0. The van der Waals surface area contributed by atoms with E-state index in [4.69, 9.17) is 5.14 Å². The molecule has 6 nitrogen and oxygen atoms in total. The number of sulfonamides is 1. The number of amides is 2. The molecule has 4 rings (SSSR count). The van der Waals surface area contributed by atoms with Crippen molar-refractivity contribution in [3.8, 4) is 11.1 Å². The van der Waals surface area contributed by atoms with Crippen LogP contribution in [0.25, 0.3) is 11.1 Å². The van der Waals surface area contributed by atoms with Crippen molar-refractivity contribution < 1.29 is 13.2 Å². The minimum Gasteiger partial charge on any atom is -0.334 e. The van der Waals surface area contributed by atoms with E-state index in [1.54, 1.807) is 13.0 Å². The number of nitrogens with two attached hydrogens (primary N) is 1. The topological polar surface area (TPSA) is 101 Å². The molecule has 2 amide bonds. The molecule has 1 unspecified atom stereocenters. The lowest BCUT2D eigenvalue weighted by atomic mass is 9.99. The first-order valence-corrected chi connectivity index (χ1v) is 11.7. The summed E-state index contributed by atoms with van der Waals surface area (Å²) in [4.78, 5) is 12.6. The monoisotopic (exact) mass is 435 g/mol. The Morgan fingerprint density at radius 3 is 2.52 bits per heavy atom. The smallest absolute Gasteiger partial charge is 0.315 e. The van der Waals surface area contributed by atoms with Crippen LogP contribution in [0.1, 0.15) is 34.7 Å². The van der Waals surface area contributed by atoms with E-state index in [1.165, 1.54) is 17.7 Å². The highest BCUT2D eigenvalue weighted by Crippen LogP contribution is 2.34. The summed E-state index contributed by atoms with van der Waals surface area (Å²) in [6.07, 6.45) is 1.80. The number of benzene rings is 3. The number of hydrogen-bond donors (Lipinski definition) is 3. The zero-order valence-electron chi connectivity index (χ0n) is 17.3. The van der Waals surface area contributed by atoms with Crippen LogP contribution in [0.3, 0.4) is 0 Å². The highest BCUT2D eigenvalue weighted by molar-refractivity contribution is 7.89. The Kier molecular flexibility index (Phi) is 5.80. The molecule has 1 atom stereocenters. The quantitative estimate of drug-likeness (QED) is 0.568. The molecule has 0 aromatic heterocycles. The third-order valence-corrected chi connectivity index (χ3v) is 6.63. The predicted octanol–water partition coefficient (Wildman–Crippen LogP) is 3.80. The summed E-state index contributed by atoms with van der Waals surface area (Å²) in [6.45, 7) is 2.09. The van der Waals surface area contributed by atoms with Gasteiger partial charge in [0.2, 0.25) is 10.0 Å². The standard InChI is InChI=1S/C24H25N3O3S/c1-16-13-21(31(25,29)30)11-9-20(16)15-26-24(28)27-23-12-10-18-7-8-19(14-22(18)23)17-5-3-2-4-6-17/h2-9,11,13-14,23H,10,12,15H2,1H3,(H2,25,29,30)(H2,26,27,28). The van der Waals surface area contributed by atoms with Crippen molar-refractivity contribution in [1.82, 2.24) is 10.6 Å². The van der Waals surface area contributed by atoms with Gasteiger partial charge in [-0.05, 0) is 71.3 Å². The Morgan fingerprint density at radius 2 is 1.81 bits per heavy atom. The van der Waals surface area contributed by atoms with E-state index in [2.05, 4.69) is 41.0 Å². The second-order valence-electron chi connectivity index (χ2n) is 7.83. The first kappa shape index (κ1) is 21.1. The second-order valence-corrected chi connectivity index (χ2v) is 9.39. The Hall–Kier alpha value is -3.16. The Labute approximate surface area is 182 Å². The number of fused-ring (bicyclic) bond motifs is 1. The third-order valence-electron chi connectivity index (χ3n) is 5.72. The van der Waals surface area contributed by atoms with Gasteiger partial charge in [0.05, 0.1) is 10.9 Å². The second kappa shape index (κ2) is 8.53. The molecule has 0 aliphatic heterocycles. The van der Waals surface area contributed by atoms with Crippen molar-refractivity contribution >= 4 is 16.1 Å². The third kappa shape index (κ3) is 4.78. The zero-order chi connectivity index (χ0) is 22.0. The van der Waals surface area contributed by atoms with Crippen LogP contribution < -0.4 is 15.8 Å². The van der Waals surface area contributed by atoms with E-state index in [1.807, 2.05) is 18.2 Å². The Bertz CT molecular complexity index is 1220. The van der Waals surface area contributed by atoms with Crippen LogP contribution >= 0.6 is 0 Å². The summed E-state index contributed by atoms with van der Waals surface area (Å²) in [7, 11) is -3.74. The minimum atomic E-state index is -3.74. The van der Waals surface area contributed by atoms with Crippen molar-refractivity contribution in [1.29, 1.82) is 0 Å². The maximum absolute atomic E-state index is 12.5. The van der Waals surface area contributed by atoms with Crippen LogP contribution in [0.4, 0.5) is 4.79 Å². The highest BCUT2D eigenvalue weighted by Gasteiger charge is 2.24. The summed E-state index contributed by atoms with van der Waals surface area (Å²) < 4.78 is 22.9. The van der Waals surface area contributed by atoms with Crippen LogP contribution in [0.5, 0.6) is 0 Å². The number of carbonyl (C=O) groups is 1. The number of nitrogens with one attached hydrogen (secondary N) is 2. The predicted molar refractivity (Wildman–Crippen MR) is 121 cm³/mol. The van der Waals surface area contributed by atoms with Crippen LogP contribution in [0.15, 0.2) is 71.6 Å². The van der Waals surface area contributed by atoms with Crippen LogP contribution in [-0.2, 0) is 23.0 Å². The normalized spacial score (nSPS) is 15.4. The lowest BCUT2D eigenvalue weighted by molar-refractivity contribution is 0.236. The number of rotatable bonds is 5. The van der Waals surface area contributed by atoms with Crippen molar-refractivity contribution in [3.05, 3.63) is 89.0 Å². The molecule has 4 N–H and O–H groups in total. The average molecular weight is 436 g/mol. The van der Waals surface area contributed by atoms with E-state index in [9.17, 15) is 13.2 Å². The molecular weight excluding hydrogens is 410 g/mol. The molecule has 3 aromatic carbocycles. The molecule has 0 saturated carbocycles. The molecule has 0 spiro atoms. The first-order chi connectivity index (χ1) is 14.8. The number of primary sulfonamides is 1. The van der Waals surface area contributed by atoms with Gasteiger partial charge >= 0.3 is 6.03 Å². The van der Waals surface area contributed by atoms with Gasteiger partial charge in [0.25, 0.3) is 0 Å². The lowest BCUT2D eigenvalue weighted by Gasteiger charge is -2.16. The summed E-state index contributed by atoms with van der Waals surface area (Å²) >= 11 is 0. The molecule has 1 aliphatic rings. The first-order valence-electron chi connectivity index (χ1n) is 10.2. The summed E-state index contributed by atoms with van der Waals surface area (Å²) in [5.74, 6) is 0. The maximum atomic E-state index is 12.5. The largest absolute Gasteiger partial charge is 0.334 e. The summed E-state index contributed by atoms with van der Waals surface area (Å²) in [5.41, 5.74) is 6.30. The van der Waals surface area contributed by atoms with E-state index >= 15 is 0 Å². The molecule has 0 fully saturated rings. The number of urea groups is 1. The van der Waals surface area contributed by atoms with Crippen molar-refractivity contribution in [3.63, 3.8) is 0 Å². The van der Waals surface area contributed by atoms with Gasteiger partial charge < -0.3 is 10.6 Å². The number of carbonyl (C=O) groups excluding carboxylic acids is 1. The minimum absolute atomic E-state index is 0.0375. The molecule has 160 valence electrons. The molecular formula is C24H25N3O3S. The lowest BCUT2D eigenvalue weighted by Crippen LogP contribution is -2.37. The fraction of sp³-hybridized carbons (Fsp3) is 0.208. The van der Waals surface area contributed by atoms with Crippen molar-refractivity contribution in [2.24, 2.45) is 5.14 Å². The van der Waals surface area contributed by atoms with E-state index < -0.39 is 10.0 Å². The Morgan fingerprint density at radius 1 is 1.03 bits per heavy atom. The van der Waals surface area contributed by atoms with Crippen LogP contribution in [0, 0.1) is 6.92 Å². The maximum Gasteiger partial charge on any atom is 0.315 e.